The quantitative estimate of drug-likeness (QED) is 0.343. The Balaban J connectivity index is 1.41. The lowest BCUT2D eigenvalue weighted by atomic mass is 9.95. The minimum absolute atomic E-state index is 0.0833. The van der Waals surface area contributed by atoms with Gasteiger partial charge in [-0.15, -0.1) is 11.3 Å². The van der Waals surface area contributed by atoms with Gasteiger partial charge in [0, 0.05) is 23.2 Å². The number of aromatic nitrogens is 1. The van der Waals surface area contributed by atoms with Crippen molar-refractivity contribution in [1.82, 2.24) is 14.8 Å². The molecule has 6 nitrogen and oxygen atoms in total. The van der Waals surface area contributed by atoms with Crippen LogP contribution in [0.5, 0.6) is 11.5 Å². The summed E-state index contributed by atoms with van der Waals surface area (Å²) in [7, 11) is 3.33. The number of aryl methyl sites for hydroxylation is 1. The molecule has 1 atom stereocenters. The number of nitrogens with one attached hydrogen (secondary N) is 1. The van der Waals surface area contributed by atoms with Crippen LogP contribution >= 0.6 is 11.3 Å². The number of hydrogen-bond acceptors (Lipinski definition) is 4. The smallest absolute Gasteiger partial charge is 0.318 e. The Bertz CT molecular complexity index is 1420. The highest BCUT2D eigenvalue weighted by molar-refractivity contribution is 7.15. The Morgan fingerprint density at radius 2 is 1.78 bits per heavy atom. The standard InChI is InChI=1S/C30H31N3O3S/c1-35-22-14-12-21(13-15-22)28-26-10-6-16-32(26)29-25(24-9-3-4-11-27(24)37-29)19-33(28)30(34)31-18-20-7-5-8-23(17-20)36-2/h5-8,10,12-17,28H,3-4,9,11,18-19H2,1-2H3,(H,31,34)/t28-/m0/s1. The second-order valence-electron chi connectivity index (χ2n) is 9.61. The normalized spacial score (nSPS) is 16.3. The van der Waals surface area contributed by atoms with Crippen LogP contribution in [0, 0.1) is 0 Å². The van der Waals surface area contributed by atoms with Gasteiger partial charge in [0.15, 0.2) is 0 Å². The molecule has 0 fully saturated rings. The number of ether oxygens (including phenoxy) is 2. The van der Waals surface area contributed by atoms with E-state index in [9.17, 15) is 4.79 Å². The molecule has 3 heterocycles. The number of nitrogens with zero attached hydrogens (tertiary/aromatic N) is 2. The summed E-state index contributed by atoms with van der Waals surface area (Å²) in [5.41, 5.74) is 5.90. The van der Waals surface area contributed by atoms with Crippen LogP contribution in [0.2, 0.25) is 0 Å². The zero-order valence-corrected chi connectivity index (χ0v) is 22.0. The number of carbonyl (C=O) groups excluding carboxylic acids is 1. The molecule has 0 spiro atoms. The van der Waals surface area contributed by atoms with E-state index in [4.69, 9.17) is 9.47 Å². The molecule has 2 aliphatic rings. The van der Waals surface area contributed by atoms with E-state index in [1.165, 1.54) is 33.8 Å². The van der Waals surface area contributed by atoms with Gasteiger partial charge < -0.3 is 24.3 Å². The van der Waals surface area contributed by atoms with Crippen LogP contribution in [0.15, 0.2) is 66.9 Å². The first-order valence-corrected chi connectivity index (χ1v) is 13.6. The van der Waals surface area contributed by atoms with Gasteiger partial charge in [0.25, 0.3) is 0 Å². The van der Waals surface area contributed by atoms with Crippen molar-refractivity contribution < 1.29 is 14.3 Å². The monoisotopic (exact) mass is 513 g/mol. The molecule has 190 valence electrons. The SMILES string of the molecule is COc1ccc([C@H]2c3cccn3-c3sc4c(c3CN2C(=O)NCc2cccc(OC)c2)CCCC4)cc1. The number of rotatable bonds is 5. The molecule has 0 bridgehead atoms. The summed E-state index contributed by atoms with van der Waals surface area (Å²) in [5.74, 6) is 1.58. The Morgan fingerprint density at radius 1 is 0.973 bits per heavy atom. The van der Waals surface area contributed by atoms with Gasteiger partial charge in [-0.3, -0.25) is 0 Å². The molecule has 4 aromatic rings. The highest BCUT2D eigenvalue weighted by Gasteiger charge is 2.36. The summed E-state index contributed by atoms with van der Waals surface area (Å²) in [6.07, 6.45) is 6.81. The third-order valence-electron chi connectivity index (χ3n) is 7.45. The number of methoxy groups -OCH3 is 2. The van der Waals surface area contributed by atoms with Gasteiger partial charge in [0.05, 0.1) is 32.5 Å². The van der Waals surface area contributed by atoms with Crippen molar-refractivity contribution in [2.24, 2.45) is 0 Å². The average molecular weight is 514 g/mol. The van der Waals surface area contributed by atoms with Crippen molar-refractivity contribution in [1.29, 1.82) is 0 Å². The van der Waals surface area contributed by atoms with Crippen LogP contribution in [0.1, 0.15) is 51.7 Å². The van der Waals surface area contributed by atoms with Crippen LogP contribution in [0.4, 0.5) is 4.79 Å². The second kappa shape index (κ2) is 9.98. The van der Waals surface area contributed by atoms with Gasteiger partial charge in [-0.2, -0.15) is 0 Å². The topological polar surface area (TPSA) is 55.7 Å². The first-order chi connectivity index (χ1) is 18.2. The van der Waals surface area contributed by atoms with Crippen molar-refractivity contribution >= 4 is 17.4 Å². The van der Waals surface area contributed by atoms with Crippen molar-refractivity contribution in [3.05, 3.63) is 99.7 Å². The molecule has 37 heavy (non-hydrogen) atoms. The first-order valence-electron chi connectivity index (χ1n) is 12.8. The zero-order chi connectivity index (χ0) is 25.4. The average Bonchev–Trinajstić information content (AvgIpc) is 3.54. The Labute approximate surface area is 221 Å². The number of carbonyl (C=O) groups is 1. The molecule has 1 aliphatic heterocycles. The summed E-state index contributed by atoms with van der Waals surface area (Å²) >= 11 is 1.90. The lowest BCUT2D eigenvalue weighted by Gasteiger charge is -2.31. The highest BCUT2D eigenvalue weighted by atomic mass is 32.1. The number of thiophene rings is 1. The van der Waals surface area contributed by atoms with Crippen LogP contribution < -0.4 is 14.8 Å². The molecule has 1 N–H and O–H groups in total. The van der Waals surface area contributed by atoms with Crippen molar-refractivity contribution in [3.8, 4) is 16.5 Å². The molecular weight excluding hydrogens is 482 g/mol. The maximum Gasteiger partial charge on any atom is 0.318 e. The number of amides is 2. The molecule has 7 heteroatoms. The van der Waals surface area contributed by atoms with Crippen LogP contribution in [-0.2, 0) is 25.9 Å². The Hall–Kier alpha value is -3.71. The molecule has 6 rings (SSSR count). The molecule has 0 saturated carbocycles. The van der Waals surface area contributed by atoms with Crippen LogP contribution in [0.25, 0.3) is 5.00 Å². The summed E-state index contributed by atoms with van der Waals surface area (Å²) in [5, 5.41) is 4.45. The van der Waals surface area contributed by atoms with Gasteiger partial charge in [-0.05, 0) is 78.8 Å². The lowest BCUT2D eigenvalue weighted by molar-refractivity contribution is 0.180. The fourth-order valence-electron chi connectivity index (χ4n) is 5.59. The van der Waals surface area contributed by atoms with Crippen LogP contribution in [0.3, 0.4) is 0 Å². The first kappa shape index (κ1) is 23.7. The third kappa shape index (κ3) is 4.37. The maximum absolute atomic E-state index is 14.0. The van der Waals surface area contributed by atoms with Gasteiger partial charge in [0.1, 0.15) is 16.5 Å². The Morgan fingerprint density at radius 3 is 2.59 bits per heavy atom. The molecule has 2 aromatic heterocycles. The highest BCUT2D eigenvalue weighted by Crippen LogP contribution is 2.44. The molecule has 2 aromatic carbocycles. The van der Waals surface area contributed by atoms with Crippen LogP contribution in [-0.4, -0.2) is 29.7 Å². The molecule has 1 aliphatic carbocycles. The predicted molar refractivity (Wildman–Crippen MR) is 146 cm³/mol. The third-order valence-corrected chi connectivity index (χ3v) is 8.78. The largest absolute Gasteiger partial charge is 0.497 e. The lowest BCUT2D eigenvalue weighted by Crippen LogP contribution is -2.41. The zero-order valence-electron chi connectivity index (χ0n) is 21.2. The number of benzene rings is 2. The summed E-state index contributed by atoms with van der Waals surface area (Å²) in [4.78, 5) is 17.5. The molecule has 0 unspecified atom stereocenters. The van der Waals surface area contributed by atoms with E-state index < -0.39 is 0 Å². The van der Waals surface area contributed by atoms with Crippen molar-refractivity contribution in [2.45, 2.75) is 44.8 Å². The summed E-state index contributed by atoms with van der Waals surface area (Å²) in [6, 6.07) is 19.8. The summed E-state index contributed by atoms with van der Waals surface area (Å²) < 4.78 is 13.1. The van der Waals surface area contributed by atoms with Gasteiger partial charge in [0.2, 0.25) is 0 Å². The Kier molecular flexibility index (Phi) is 6.38. The fourth-order valence-corrected chi connectivity index (χ4v) is 6.99. The fraction of sp³-hybridized carbons (Fsp3) is 0.300. The van der Waals surface area contributed by atoms with E-state index in [0.29, 0.717) is 13.1 Å². The van der Waals surface area contributed by atoms with Crippen molar-refractivity contribution in [2.75, 3.05) is 14.2 Å². The minimum atomic E-state index is -0.231. The van der Waals surface area contributed by atoms with Crippen molar-refractivity contribution in [3.63, 3.8) is 0 Å². The number of hydrogen-bond donors (Lipinski definition) is 1. The van der Waals surface area contributed by atoms with Gasteiger partial charge in [-0.25, -0.2) is 4.79 Å². The van der Waals surface area contributed by atoms with E-state index in [1.54, 1.807) is 14.2 Å². The van der Waals surface area contributed by atoms with Gasteiger partial charge in [-0.1, -0.05) is 24.3 Å². The van der Waals surface area contributed by atoms with E-state index in [-0.39, 0.29) is 12.1 Å². The number of fused-ring (bicyclic) bond motifs is 5. The van der Waals surface area contributed by atoms with E-state index in [1.807, 2.05) is 52.6 Å². The number of urea groups is 1. The van der Waals surface area contributed by atoms with Gasteiger partial charge >= 0.3 is 6.03 Å². The van der Waals surface area contributed by atoms with E-state index in [0.717, 1.165) is 41.2 Å². The molecule has 0 radical (unpaired) electrons. The minimum Gasteiger partial charge on any atom is -0.497 e. The van der Waals surface area contributed by atoms with E-state index in [2.05, 4.69) is 40.3 Å². The second-order valence-corrected chi connectivity index (χ2v) is 10.7. The molecule has 0 saturated heterocycles. The molecule has 2 amide bonds. The maximum atomic E-state index is 14.0. The predicted octanol–water partition coefficient (Wildman–Crippen LogP) is 6.25. The van der Waals surface area contributed by atoms with E-state index >= 15 is 0 Å². The molecular formula is C30H31N3O3S. The summed E-state index contributed by atoms with van der Waals surface area (Å²) in [6.45, 7) is 1.00.